The maximum Gasteiger partial charge on any atom is 0.137 e. The number of anilines is 1. The highest BCUT2D eigenvalue weighted by Gasteiger charge is 2.28. The number of nitrogens with zero attached hydrogens (tertiary/aromatic N) is 1. The van der Waals surface area contributed by atoms with E-state index in [9.17, 15) is 4.39 Å². The lowest BCUT2D eigenvalue weighted by molar-refractivity contribution is 0.145. The normalized spacial score (nSPS) is 29.3. The zero-order valence-corrected chi connectivity index (χ0v) is 12.7. The molecule has 0 spiro atoms. The molecule has 1 aromatic rings. The molecule has 0 aliphatic carbocycles. The quantitative estimate of drug-likeness (QED) is 0.894. The van der Waals surface area contributed by atoms with Crippen molar-refractivity contribution in [3.8, 4) is 0 Å². The van der Waals surface area contributed by atoms with Crippen molar-refractivity contribution in [3.05, 3.63) is 28.5 Å². The number of nitrogens with one attached hydrogen (secondary N) is 1. The minimum Gasteiger partial charge on any atom is -0.382 e. The summed E-state index contributed by atoms with van der Waals surface area (Å²) in [5.74, 6) is 0.375. The Morgan fingerprint density at radius 2 is 2.11 bits per heavy atom. The van der Waals surface area contributed by atoms with Gasteiger partial charge in [-0.05, 0) is 60.4 Å². The second kappa shape index (κ2) is 5.57. The van der Waals surface area contributed by atoms with E-state index in [0.717, 1.165) is 18.7 Å². The molecule has 1 heterocycles. The molecule has 0 saturated carbocycles. The Labute approximate surface area is 117 Å². The molecule has 1 aromatic carbocycles. The molecule has 1 aliphatic rings. The lowest BCUT2D eigenvalue weighted by Crippen LogP contribution is -2.48. The van der Waals surface area contributed by atoms with Crippen LogP contribution in [0.15, 0.2) is 22.7 Å². The van der Waals surface area contributed by atoms with Gasteiger partial charge >= 0.3 is 0 Å². The molecule has 18 heavy (non-hydrogen) atoms. The standard InChI is InChI=1S/C14H20BrFN2/c1-9-8-18(3)10(2)6-14(9)17-11-4-5-13(16)12(15)7-11/h4-5,7,9-10,14,17H,6,8H2,1-3H3. The minimum atomic E-state index is -0.217. The molecule has 1 fully saturated rings. The smallest absolute Gasteiger partial charge is 0.137 e. The zero-order valence-electron chi connectivity index (χ0n) is 11.1. The van der Waals surface area contributed by atoms with Crippen LogP contribution >= 0.6 is 15.9 Å². The Bertz CT molecular complexity index is 424. The van der Waals surface area contributed by atoms with Crippen molar-refractivity contribution in [2.75, 3.05) is 18.9 Å². The van der Waals surface area contributed by atoms with Gasteiger partial charge in [-0.3, -0.25) is 0 Å². The highest BCUT2D eigenvalue weighted by Crippen LogP contribution is 2.26. The molecule has 1 aliphatic heterocycles. The molecular formula is C14H20BrFN2. The Morgan fingerprint density at radius 1 is 1.39 bits per heavy atom. The van der Waals surface area contributed by atoms with E-state index in [-0.39, 0.29) is 5.82 Å². The van der Waals surface area contributed by atoms with E-state index in [0.29, 0.717) is 22.5 Å². The number of rotatable bonds is 2. The van der Waals surface area contributed by atoms with E-state index in [1.54, 1.807) is 6.07 Å². The van der Waals surface area contributed by atoms with Gasteiger partial charge in [0, 0.05) is 24.3 Å². The van der Waals surface area contributed by atoms with Crippen molar-refractivity contribution in [2.24, 2.45) is 5.92 Å². The Balaban J connectivity index is 2.06. The number of benzene rings is 1. The molecule has 0 amide bonds. The minimum absolute atomic E-state index is 0.217. The Kier molecular flexibility index (Phi) is 4.28. The van der Waals surface area contributed by atoms with Gasteiger partial charge in [-0.25, -0.2) is 4.39 Å². The SMILES string of the molecule is CC1CN(C)C(C)CC1Nc1ccc(F)c(Br)c1. The van der Waals surface area contributed by atoms with E-state index >= 15 is 0 Å². The third-order valence-corrected chi connectivity index (χ3v) is 4.49. The van der Waals surface area contributed by atoms with Crippen LogP contribution in [-0.4, -0.2) is 30.6 Å². The second-order valence-electron chi connectivity index (χ2n) is 5.38. The average molecular weight is 315 g/mol. The van der Waals surface area contributed by atoms with Crippen LogP contribution in [0, 0.1) is 11.7 Å². The predicted octanol–water partition coefficient (Wildman–Crippen LogP) is 3.73. The lowest BCUT2D eigenvalue weighted by atomic mass is 9.89. The van der Waals surface area contributed by atoms with Gasteiger partial charge in [0.1, 0.15) is 5.82 Å². The molecule has 1 N–H and O–H groups in total. The van der Waals surface area contributed by atoms with Crippen LogP contribution in [0.1, 0.15) is 20.3 Å². The Morgan fingerprint density at radius 3 is 2.78 bits per heavy atom. The van der Waals surface area contributed by atoms with Crippen molar-refractivity contribution < 1.29 is 4.39 Å². The van der Waals surface area contributed by atoms with Crippen LogP contribution in [0.4, 0.5) is 10.1 Å². The van der Waals surface area contributed by atoms with Gasteiger partial charge in [-0.2, -0.15) is 0 Å². The highest BCUT2D eigenvalue weighted by molar-refractivity contribution is 9.10. The largest absolute Gasteiger partial charge is 0.382 e. The van der Waals surface area contributed by atoms with E-state index in [4.69, 9.17) is 0 Å². The lowest BCUT2D eigenvalue weighted by Gasteiger charge is -2.40. The summed E-state index contributed by atoms with van der Waals surface area (Å²) in [7, 11) is 2.17. The average Bonchev–Trinajstić information content (AvgIpc) is 2.31. The van der Waals surface area contributed by atoms with E-state index in [2.05, 4.69) is 47.0 Å². The van der Waals surface area contributed by atoms with Gasteiger partial charge in [0.2, 0.25) is 0 Å². The van der Waals surface area contributed by atoms with Crippen molar-refractivity contribution >= 4 is 21.6 Å². The molecule has 0 aromatic heterocycles. The van der Waals surface area contributed by atoms with E-state index in [1.165, 1.54) is 6.07 Å². The van der Waals surface area contributed by atoms with Gasteiger partial charge in [0.25, 0.3) is 0 Å². The zero-order chi connectivity index (χ0) is 13.3. The number of likely N-dealkylation sites (tertiary alicyclic amines) is 1. The molecule has 2 rings (SSSR count). The van der Waals surface area contributed by atoms with Gasteiger partial charge < -0.3 is 10.2 Å². The van der Waals surface area contributed by atoms with E-state index in [1.807, 2.05) is 6.07 Å². The van der Waals surface area contributed by atoms with Gasteiger partial charge in [0.05, 0.1) is 4.47 Å². The number of hydrogen-bond donors (Lipinski definition) is 1. The topological polar surface area (TPSA) is 15.3 Å². The summed E-state index contributed by atoms with van der Waals surface area (Å²) in [5.41, 5.74) is 0.983. The fraction of sp³-hybridized carbons (Fsp3) is 0.571. The summed E-state index contributed by atoms with van der Waals surface area (Å²) < 4.78 is 13.7. The fourth-order valence-corrected chi connectivity index (χ4v) is 2.92. The first-order valence-corrected chi connectivity index (χ1v) is 7.18. The molecule has 0 bridgehead atoms. The van der Waals surface area contributed by atoms with Crippen LogP contribution in [-0.2, 0) is 0 Å². The molecule has 3 atom stereocenters. The summed E-state index contributed by atoms with van der Waals surface area (Å²) in [5, 5.41) is 3.53. The number of piperidine rings is 1. The molecule has 3 unspecified atom stereocenters. The van der Waals surface area contributed by atoms with Crippen LogP contribution < -0.4 is 5.32 Å². The molecule has 4 heteroatoms. The summed E-state index contributed by atoms with van der Waals surface area (Å²) in [4.78, 5) is 2.39. The monoisotopic (exact) mass is 314 g/mol. The second-order valence-corrected chi connectivity index (χ2v) is 6.24. The summed E-state index contributed by atoms with van der Waals surface area (Å²) in [6.45, 7) is 5.61. The number of hydrogen-bond acceptors (Lipinski definition) is 2. The maximum atomic E-state index is 13.2. The molecular weight excluding hydrogens is 295 g/mol. The van der Waals surface area contributed by atoms with Crippen molar-refractivity contribution in [1.29, 1.82) is 0 Å². The highest BCUT2D eigenvalue weighted by atomic mass is 79.9. The first-order valence-electron chi connectivity index (χ1n) is 6.39. The molecule has 100 valence electrons. The van der Waals surface area contributed by atoms with Crippen molar-refractivity contribution in [3.63, 3.8) is 0 Å². The van der Waals surface area contributed by atoms with Crippen LogP contribution in [0.25, 0.3) is 0 Å². The van der Waals surface area contributed by atoms with Gasteiger partial charge in [-0.1, -0.05) is 6.92 Å². The van der Waals surface area contributed by atoms with Gasteiger partial charge in [-0.15, -0.1) is 0 Å². The van der Waals surface area contributed by atoms with Crippen LogP contribution in [0.3, 0.4) is 0 Å². The molecule has 0 radical (unpaired) electrons. The maximum absolute atomic E-state index is 13.2. The van der Waals surface area contributed by atoms with E-state index < -0.39 is 0 Å². The van der Waals surface area contributed by atoms with Crippen molar-refractivity contribution in [1.82, 2.24) is 4.90 Å². The first kappa shape index (κ1) is 13.8. The van der Waals surface area contributed by atoms with Crippen molar-refractivity contribution in [2.45, 2.75) is 32.4 Å². The van der Waals surface area contributed by atoms with Gasteiger partial charge in [0.15, 0.2) is 0 Å². The third kappa shape index (κ3) is 3.04. The first-order chi connectivity index (χ1) is 8.47. The molecule has 1 saturated heterocycles. The van der Waals surface area contributed by atoms with Crippen LogP contribution in [0.5, 0.6) is 0 Å². The number of halogens is 2. The fourth-order valence-electron chi connectivity index (χ4n) is 2.54. The molecule has 2 nitrogen and oxygen atoms in total. The summed E-state index contributed by atoms with van der Waals surface area (Å²) >= 11 is 3.22. The van der Waals surface area contributed by atoms with Crippen LogP contribution in [0.2, 0.25) is 0 Å². The summed E-state index contributed by atoms with van der Waals surface area (Å²) in [6, 6.07) is 6.15. The predicted molar refractivity (Wildman–Crippen MR) is 77.4 cm³/mol. The third-order valence-electron chi connectivity index (χ3n) is 3.88. The Hall–Kier alpha value is -0.610. The summed E-state index contributed by atoms with van der Waals surface area (Å²) in [6.07, 6.45) is 1.12.